The molecule has 0 bridgehead atoms. The molecule has 0 spiro atoms. The molecule has 0 aromatic carbocycles. The number of H-pyrrole nitrogens is 1. The maximum atomic E-state index is 11.9. The molecule has 1 amide bonds. The number of furan rings is 1. The van der Waals surface area contributed by atoms with Crippen molar-refractivity contribution in [3.05, 3.63) is 56.9 Å². The number of carbonyl (C=O) groups is 1. The summed E-state index contributed by atoms with van der Waals surface area (Å²) >= 11 is 0. The van der Waals surface area contributed by atoms with E-state index in [0.29, 0.717) is 16.9 Å². The average molecular weight is 260 g/mol. The van der Waals surface area contributed by atoms with Crippen LogP contribution in [0.4, 0.5) is 0 Å². The predicted molar refractivity (Wildman–Crippen MR) is 71.2 cm³/mol. The lowest BCUT2D eigenvalue weighted by Crippen LogP contribution is -2.28. The van der Waals surface area contributed by atoms with E-state index in [2.05, 4.69) is 10.3 Å². The second kappa shape index (κ2) is 5.14. The van der Waals surface area contributed by atoms with E-state index in [1.807, 2.05) is 19.9 Å². The molecule has 0 atom stereocenters. The maximum absolute atomic E-state index is 11.9. The Bertz CT molecular complexity index is 668. The summed E-state index contributed by atoms with van der Waals surface area (Å²) in [6, 6.07) is 3.49. The zero-order chi connectivity index (χ0) is 14.0. The van der Waals surface area contributed by atoms with Gasteiger partial charge in [-0.2, -0.15) is 0 Å². The Morgan fingerprint density at radius 3 is 2.68 bits per heavy atom. The van der Waals surface area contributed by atoms with Crippen molar-refractivity contribution < 1.29 is 9.21 Å². The molecule has 2 N–H and O–H groups in total. The van der Waals surface area contributed by atoms with E-state index in [0.717, 1.165) is 11.3 Å². The number of rotatable bonds is 3. The highest BCUT2D eigenvalue weighted by molar-refractivity contribution is 5.94. The molecule has 0 unspecified atom stereocenters. The molecule has 5 heteroatoms. The lowest BCUT2D eigenvalue weighted by Gasteiger charge is -2.07. The molecule has 2 heterocycles. The summed E-state index contributed by atoms with van der Waals surface area (Å²) in [5, 5.41) is 2.72. The van der Waals surface area contributed by atoms with E-state index in [4.69, 9.17) is 4.42 Å². The van der Waals surface area contributed by atoms with Crippen LogP contribution in [-0.4, -0.2) is 10.9 Å². The fourth-order valence-corrected chi connectivity index (χ4v) is 1.99. The van der Waals surface area contributed by atoms with Crippen molar-refractivity contribution in [1.82, 2.24) is 10.3 Å². The topological polar surface area (TPSA) is 75.1 Å². The highest BCUT2D eigenvalue weighted by Gasteiger charge is 2.12. The van der Waals surface area contributed by atoms with Crippen molar-refractivity contribution in [2.45, 2.75) is 27.3 Å². The van der Waals surface area contributed by atoms with Crippen LogP contribution in [0.5, 0.6) is 0 Å². The van der Waals surface area contributed by atoms with E-state index in [-0.39, 0.29) is 18.0 Å². The number of carbonyl (C=O) groups excluding carboxylic acids is 1. The number of hydrogen-bond donors (Lipinski definition) is 2. The fourth-order valence-electron chi connectivity index (χ4n) is 1.99. The van der Waals surface area contributed by atoms with E-state index in [9.17, 15) is 9.59 Å². The van der Waals surface area contributed by atoms with Crippen LogP contribution < -0.4 is 10.9 Å². The zero-order valence-corrected chi connectivity index (χ0v) is 11.2. The van der Waals surface area contributed by atoms with Crippen LogP contribution in [0.15, 0.2) is 27.6 Å². The molecule has 0 aliphatic carbocycles. The quantitative estimate of drug-likeness (QED) is 0.884. The Labute approximate surface area is 110 Å². The summed E-state index contributed by atoms with van der Waals surface area (Å²) in [7, 11) is 0. The summed E-state index contributed by atoms with van der Waals surface area (Å²) in [5.41, 5.74) is 2.57. The molecule has 0 saturated carbocycles. The van der Waals surface area contributed by atoms with Gasteiger partial charge in [-0.3, -0.25) is 9.59 Å². The number of amides is 1. The minimum atomic E-state index is -0.245. The lowest BCUT2D eigenvalue weighted by molar-refractivity contribution is 0.0949. The summed E-state index contributed by atoms with van der Waals surface area (Å²) in [4.78, 5) is 26.4. The van der Waals surface area contributed by atoms with Crippen LogP contribution in [0, 0.1) is 20.8 Å². The molecule has 2 aromatic heterocycles. The molecule has 5 nitrogen and oxygen atoms in total. The third-order valence-corrected chi connectivity index (χ3v) is 3.02. The van der Waals surface area contributed by atoms with Gasteiger partial charge in [0.1, 0.15) is 5.76 Å². The van der Waals surface area contributed by atoms with Crippen molar-refractivity contribution in [1.29, 1.82) is 0 Å². The van der Waals surface area contributed by atoms with Crippen molar-refractivity contribution in [3.8, 4) is 0 Å². The number of hydrogen-bond acceptors (Lipinski definition) is 3. The van der Waals surface area contributed by atoms with Gasteiger partial charge in [-0.15, -0.1) is 0 Å². The van der Waals surface area contributed by atoms with E-state index < -0.39 is 0 Å². The Hall–Kier alpha value is -2.30. The predicted octanol–water partition coefficient (Wildman–Crippen LogP) is 1.82. The van der Waals surface area contributed by atoms with Gasteiger partial charge in [0.25, 0.3) is 11.5 Å². The van der Waals surface area contributed by atoms with Crippen LogP contribution in [0.25, 0.3) is 0 Å². The third kappa shape index (κ3) is 2.76. The van der Waals surface area contributed by atoms with Crippen LogP contribution in [0.2, 0.25) is 0 Å². The largest absolute Gasteiger partial charge is 0.469 e. The number of pyridine rings is 1. The molecule has 0 aliphatic rings. The molecule has 2 aromatic rings. The van der Waals surface area contributed by atoms with Gasteiger partial charge < -0.3 is 14.7 Å². The van der Waals surface area contributed by atoms with Gasteiger partial charge in [0, 0.05) is 17.8 Å². The maximum Gasteiger partial charge on any atom is 0.255 e. The average Bonchev–Trinajstić information content (AvgIpc) is 2.73. The summed E-state index contributed by atoms with van der Waals surface area (Å²) in [6.07, 6.45) is 1.47. The SMILES string of the molecule is Cc1cc(C)c(CNC(=O)c2ccoc2C)c(=O)[nH]1. The Kier molecular flexibility index (Phi) is 3.55. The summed E-state index contributed by atoms with van der Waals surface area (Å²) in [5.74, 6) is 0.317. The van der Waals surface area contributed by atoms with Gasteiger partial charge in [0.2, 0.25) is 0 Å². The highest BCUT2D eigenvalue weighted by Crippen LogP contribution is 2.09. The van der Waals surface area contributed by atoms with Gasteiger partial charge in [0.05, 0.1) is 11.8 Å². The monoisotopic (exact) mass is 260 g/mol. The number of aromatic amines is 1. The normalized spacial score (nSPS) is 10.5. The summed E-state index contributed by atoms with van der Waals surface area (Å²) in [6.45, 7) is 5.60. The van der Waals surface area contributed by atoms with Crippen LogP contribution in [0.1, 0.15) is 32.9 Å². The first-order valence-electron chi connectivity index (χ1n) is 6.00. The van der Waals surface area contributed by atoms with Crippen molar-refractivity contribution in [2.24, 2.45) is 0 Å². The fraction of sp³-hybridized carbons (Fsp3) is 0.286. The molecule has 0 aliphatic heterocycles. The second-order valence-electron chi connectivity index (χ2n) is 4.52. The zero-order valence-electron chi connectivity index (χ0n) is 11.2. The van der Waals surface area contributed by atoms with Gasteiger partial charge in [-0.25, -0.2) is 0 Å². The smallest absolute Gasteiger partial charge is 0.255 e. The Balaban J connectivity index is 2.14. The molecule has 0 saturated heterocycles. The van der Waals surface area contributed by atoms with Gasteiger partial charge in [0.15, 0.2) is 0 Å². The van der Waals surface area contributed by atoms with Crippen LogP contribution in [0.3, 0.4) is 0 Å². The van der Waals surface area contributed by atoms with Crippen molar-refractivity contribution in [3.63, 3.8) is 0 Å². The van der Waals surface area contributed by atoms with E-state index in [1.165, 1.54) is 6.26 Å². The van der Waals surface area contributed by atoms with Gasteiger partial charge in [-0.05, 0) is 38.5 Å². The van der Waals surface area contributed by atoms with Crippen molar-refractivity contribution >= 4 is 5.91 Å². The van der Waals surface area contributed by atoms with E-state index in [1.54, 1.807) is 13.0 Å². The molecule has 2 rings (SSSR count). The Morgan fingerprint density at radius 2 is 2.11 bits per heavy atom. The molecule has 0 fully saturated rings. The lowest BCUT2D eigenvalue weighted by atomic mass is 10.1. The van der Waals surface area contributed by atoms with Gasteiger partial charge in [-0.1, -0.05) is 0 Å². The van der Waals surface area contributed by atoms with Gasteiger partial charge >= 0.3 is 0 Å². The highest BCUT2D eigenvalue weighted by atomic mass is 16.3. The molecular formula is C14H16N2O3. The van der Waals surface area contributed by atoms with E-state index >= 15 is 0 Å². The Morgan fingerprint density at radius 1 is 1.37 bits per heavy atom. The molecule has 0 radical (unpaired) electrons. The van der Waals surface area contributed by atoms with Crippen LogP contribution in [-0.2, 0) is 6.54 Å². The van der Waals surface area contributed by atoms with Crippen LogP contribution >= 0.6 is 0 Å². The first-order valence-corrected chi connectivity index (χ1v) is 6.00. The minimum absolute atomic E-state index is 0.165. The number of aryl methyl sites for hydroxylation is 3. The third-order valence-electron chi connectivity index (χ3n) is 3.02. The second-order valence-corrected chi connectivity index (χ2v) is 4.52. The molecular weight excluding hydrogens is 244 g/mol. The first kappa shape index (κ1) is 13.1. The minimum Gasteiger partial charge on any atom is -0.469 e. The number of aromatic nitrogens is 1. The first-order chi connectivity index (χ1) is 8.99. The molecule has 100 valence electrons. The number of nitrogens with one attached hydrogen (secondary N) is 2. The summed E-state index contributed by atoms with van der Waals surface area (Å²) < 4.78 is 5.07. The van der Waals surface area contributed by atoms with Crippen molar-refractivity contribution in [2.75, 3.05) is 0 Å². The standard InChI is InChI=1S/C14H16N2O3/c1-8-6-9(2)16-14(18)12(8)7-15-13(17)11-4-5-19-10(11)3/h4-6H,7H2,1-3H3,(H,15,17)(H,16,18). The molecule has 19 heavy (non-hydrogen) atoms.